The van der Waals surface area contributed by atoms with Crippen LogP contribution in [0.25, 0.3) is 149 Å². The second-order valence-corrected chi connectivity index (χ2v) is 24.5. The van der Waals surface area contributed by atoms with E-state index in [9.17, 15) is 0 Å². The molecule has 0 N–H and O–H groups in total. The molecule has 0 unspecified atom stereocenters. The second kappa shape index (κ2) is 22.8. The van der Waals surface area contributed by atoms with Gasteiger partial charge in [-0.2, -0.15) is 0 Å². The third kappa shape index (κ3) is 9.47. The first kappa shape index (κ1) is 54.4. The summed E-state index contributed by atoms with van der Waals surface area (Å²) >= 11 is 0. The molecule has 0 saturated heterocycles. The van der Waals surface area contributed by atoms with Crippen molar-refractivity contribution in [3.05, 3.63) is 364 Å². The molecule has 94 heavy (non-hydrogen) atoms. The van der Waals surface area contributed by atoms with E-state index in [-0.39, 0.29) is 0 Å². The molecule has 3 aromatic heterocycles. The van der Waals surface area contributed by atoms with Crippen LogP contribution < -0.4 is 4.90 Å². The Morgan fingerprint density at radius 2 is 0.340 bits per heavy atom. The molecule has 440 valence electrons. The zero-order chi connectivity index (χ0) is 62.1. The Morgan fingerprint density at radius 3 is 0.574 bits per heavy atom. The third-order valence-corrected chi connectivity index (χ3v) is 19.0. The highest BCUT2D eigenvalue weighted by Crippen LogP contribution is 2.42. The van der Waals surface area contributed by atoms with Gasteiger partial charge in [-0.3, -0.25) is 0 Å². The zero-order valence-electron chi connectivity index (χ0n) is 51.4. The summed E-state index contributed by atoms with van der Waals surface area (Å²) in [5.41, 5.74) is 27.8. The molecule has 3 heterocycles. The lowest BCUT2D eigenvalue weighted by atomic mass is 9.97. The molecule has 4 heteroatoms. The number of hydrogen-bond donors (Lipinski definition) is 0. The van der Waals surface area contributed by atoms with Gasteiger partial charge in [0.25, 0.3) is 0 Å². The Hall–Kier alpha value is -12.5. The van der Waals surface area contributed by atoms with Crippen molar-refractivity contribution in [2.75, 3.05) is 4.90 Å². The fraction of sp³-hybridized carbons (Fsp3) is 0. The van der Waals surface area contributed by atoms with E-state index in [1.807, 2.05) is 0 Å². The molecule has 0 aliphatic rings. The Bertz CT molecular complexity index is 5180. The van der Waals surface area contributed by atoms with Gasteiger partial charge in [-0.25, -0.2) is 0 Å². The van der Waals surface area contributed by atoms with Crippen molar-refractivity contribution in [1.82, 2.24) is 13.7 Å². The molecule has 0 saturated carbocycles. The summed E-state index contributed by atoms with van der Waals surface area (Å²) in [6.07, 6.45) is 0. The van der Waals surface area contributed by atoms with Crippen LogP contribution in [0.5, 0.6) is 0 Å². The van der Waals surface area contributed by atoms with Crippen LogP contribution in [0.3, 0.4) is 0 Å². The summed E-state index contributed by atoms with van der Waals surface area (Å²) in [5.74, 6) is 0. The van der Waals surface area contributed by atoms with Crippen LogP contribution in [0.2, 0.25) is 0 Å². The Labute approximate surface area is 545 Å². The SMILES string of the molecule is c1cc(-c2ccc(N(c3ccc(-c4cccc(-c5cccc(-n6c7ccccc7c7ccccc76)c5)c4)cc3)c3ccc(-c4cccc(-c5cccc(-n6c7ccccc7c7ccccc76)c5)c4)cc3)cc2)cc(-c2cccc(-n3c4ccccc4c4ccccc43)c2)c1. The number of benzene rings is 15. The van der Waals surface area contributed by atoms with E-state index in [0.29, 0.717) is 0 Å². The lowest BCUT2D eigenvalue weighted by Crippen LogP contribution is -2.09. The molecule has 0 spiro atoms. The molecule has 4 nitrogen and oxygen atoms in total. The smallest absolute Gasteiger partial charge is 0.0541 e. The van der Waals surface area contributed by atoms with Gasteiger partial charge in [-0.15, -0.1) is 0 Å². The lowest BCUT2D eigenvalue weighted by Gasteiger charge is -2.26. The van der Waals surface area contributed by atoms with E-state index in [4.69, 9.17) is 0 Å². The van der Waals surface area contributed by atoms with Gasteiger partial charge in [0.05, 0.1) is 33.1 Å². The van der Waals surface area contributed by atoms with E-state index in [0.717, 1.165) is 67.5 Å². The van der Waals surface area contributed by atoms with Gasteiger partial charge >= 0.3 is 0 Å². The van der Waals surface area contributed by atoms with Crippen LogP contribution in [0.4, 0.5) is 17.1 Å². The molecule has 0 aliphatic carbocycles. The van der Waals surface area contributed by atoms with Crippen LogP contribution >= 0.6 is 0 Å². The average molecular weight is 1200 g/mol. The van der Waals surface area contributed by atoms with Crippen LogP contribution in [0.15, 0.2) is 364 Å². The van der Waals surface area contributed by atoms with E-state index in [2.05, 4.69) is 383 Å². The lowest BCUT2D eigenvalue weighted by molar-refractivity contribution is 1.18. The number of fused-ring (bicyclic) bond motifs is 9. The fourth-order valence-corrected chi connectivity index (χ4v) is 14.6. The van der Waals surface area contributed by atoms with E-state index in [1.165, 1.54) is 98.8 Å². The van der Waals surface area contributed by atoms with E-state index >= 15 is 0 Å². The summed E-state index contributed by atoms with van der Waals surface area (Å²) in [4.78, 5) is 2.38. The van der Waals surface area contributed by atoms with E-state index < -0.39 is 0 Å². The minimum Gasteiger partial charge on any atom is -0.311 e. The number of para-hydroxylation sites is 6. The average Bonchev–Trinajstić information content (AvgIpc) is 1.64. The first-order valence-corrected chi connectivity index (χ1v) is 32.3. The van der Waals surface area contributed by atoms with Crippen LogP contribution in [-0.2, 0) is 0 Å². The first-order valence-electron chi connectivity index (χ1n) is 32.3. The van der Waals surface area contributed by atoms with Gasteiger partial charge in [0.2, 0.25) is 0 Å². The van der Waals surface area contributed by atoms with Crippen molar-refractivity contribution in [3.63, 3.8) is 0 Å². The van der Waals surface area contributed by atoms with Crippen LogP contribution in [0.1, 0.15) is 0 Å². The molecular weight excluding hydrogens is 1140 g/mol. The van der Waals surface area contributed by atoms with Crippen molar-refractivity contribution < 1.29 is 0 Å². The Kier molecular flexibility index (Phi) is 13.2. The predicted molar refractivity (Wildman–Crippen MR) is 397 cm³/mol. The molecular formula is C90H60N4. The summed E-state index contributed by atoms with van der Waals surface area (Å²) in [6.45, 7) is 0. The minimum absolute atomic E-state index is 1.06. The monoisotopic (exact) mass is 1200 g/mol. The summed E-state index contributed by atoms with van der Waals surface area (Å²) in [7, 11) is 0. The van der Waals surface area contributed by atoms with Gasteiger partial charge < -0.3 is 18.6 Å². The van der Waals surface area contributed by atoms with Gasteiger partial charge in [0.15, 0.2) is 0 Å². The standard InChI is InChI=1S/C90H60N4/c1-7-37-85-79(31-1)80-32-2-8-38-86(80)92(85)76-28-16-25-70(58-76)67-22-13-19-64(55-67)61-43-49-73(50-44-61)91(74-51-45-62(46-52-74)65-20-14-23-68(56-65)71-26-17-29-77(59-71)93-87-39-9-3-33-81(87)82-34-4-10-40-88(82)93)75-53-47-63(48-54-75)66-21-15-24-69(57-66)72-27-18-30-78(60-72)94-89-41-11-5-35-83(89)84-36-6-12-42-90(84)94/h1-60H. The number of anilines is 3. The molecule has 0 radical (unpaired) electrons. The third-order valence-electron chi connectivity index (χ3n) is 19.0. The highest BCUT2D eigenvalue weighted by molar-refractivity contribution is 6.11. The molecule has 18 aromatic rings. The normalized spacial score (nSPS) is 11.6. The van der Waals surface area contributed by atoms with Gasteiger partial charge in [-0.05, 0) is 194 Å². The minimum atomic E-state index is 1.06. The Balaban J connectivity index is 0.675. The summed E-state index contributed by atoms with van der Waals surface area (Å²) in [5, 5.41) is 7.55. The van der Waals surface area contributed by atoms with Gasteiger partial charge in [0.1, 0.15) is 0 Å². The molecule has 0 atom stereocenters. The molecule has 18 rings (SSSR count). The number of nitrogens with zero attached hydrogens (tertiary/aromatic N) is 4. The largest absolute Gasteiger partial charge is 0.311 e. The first-order chi connectivity index (χ1) is 46.6. The van der Waals surface area contributed by atoms with Crippen molar-refractivity contribution in [2.24, 2.45) is 0 Å². The van der Waals surface area contributed by atoms with Crippen molar-refractivity contribution in [2.45, 2.75) is 0 Å². The maximum Gasteiger partial charge on any atom is 0.0541 e. The number of hydrogen-bond acceptors (Lipinski definition) is 1. The zero-order valence-corrected chi connectivity index (χ0v) is 51.4. The number of aromatic nitrogens is 3. The van der Waals surface area contributed by atoms with Crippen LogP contribution in [-0.4, -0.2) is 13.7 Å². The highest BCUT2D eigenvalue weighted by atomic mass is 15.1. The number of rotatable bonds is 12. The van der Waals surface area contributed by atoms with Gasteiger partial charge in [-0.1, -0.05) is 237 Å². The predicted octanol–water partition coefficient (Wildman–Crippen LogP) is 24.4. The molecule has 15 aromatic carbocycles. The van der Waals surface area contributed by atoms with Crippen molar-refractivity contribution >= 4 is 82.5 Å². The topological polar surface area (TPSA) is 18.0 Å². The van der Waals surface area contributed by atoms with Crippen molar-refractivity contribution in [3.8, 4) is 83.8 Å². The van der Waals surface area contributed by atoms with Crippen LogP contribution in [0, 0.1) is 0 Å². The maximum atomic E-state index is 2.39. The summed E-state index contributed by atoms with van der Waals surface area (Å²) in [6, 6.07) is 133. The van der Waals surface area contributed by atoms with Crippen molar-refractivity contribution in [1.29, 1.82) is 0 Å². The molecule has 0 fully saturated rings. The fourth-order valence-electron chi connectivity index (χ4n) is 14.6. The summed E-state index contributed by atoms with van der Waals surface area (Å²) < 4.78 is 7.17. The van der Waals surface area contributed by atoms with E-state index in [1.54, 1.807) is 0 Å². The molecule has 0 amide bonds. The second-order valence-electron chi connectivity index (χ2n) is 24.5. The quantitative estimate of drug-likeness (QED) is 0.119. The molecule has 0 aliphatic heterocycles. The molecule has 0 bridgehead atoms. The Morgan fingerprint density at radius 1 is 0.149 bits per heavy atom. The van der Waals surface area contributed by atoms with Gasteiger partial charge in [0, 0.05) is 66.4 Å². The maximum absolute atomic E-state index is 2.39. The highest BCUT2D eigenvalue weighted by Gasteiger charge is 2.19.